The molecule has 0 aliphatic rings. The summed E-state index contributed by atoms with van der Waals surface area (Å²) in [4.78, 5) is 0. The maximum Gasteiger partial charge on any atom is 0 e. The molecule has 0 aromatic rings. The third kappa shape index (κ3) is 29.0. The third-order valence-corrected chi connectivity index (χ3v) is 0. The van der Waals surface area contributed by atoms with Crippen molar-refractivity contribution in [2.24, 2.45) is 0 Å². The van der Waals surface area contributed by atoms with Crippen LogP contribution in [0.4, 0.5) is 0 Å². The van der Waals surface area contributed by atoms with Gasteiger partial charge in [0.15, 0.2) is 0 Å². The molecule has 0 unspecified atom stereocenters. The van der Waals surface area contributed by atoms with Crippen LogP contribution < -0.4 is 0 Å². The SMILES string of the molecule is O.O.[Cu].[Ni].[Zn]. The van der Waals surface area contributed by atoms with Crippen molar-refractivity contribution in [3.63, 3.8) is 0 Å². The standard InChI is InChI=1S/Cu.Ni.2H2O.Zn/h;;2*1H2;. The van der Waals surface area contributed by atoms with Crippen LogP contribution in [0.2, 0.25) is 0 Å². The summed E-state index contributed by atoms with van der Waals surface area (Å²) in [6, 6.07) is 0. The van der Waals surface area contributed by atoms with Crippen molar-refractivity contribution in [3.05, 3.63) is 0 Å². The molecule has 5 heteroatoms. The van der Waals surface area contributed by atoms with Crippen LogP contribution in [0.5, 0.6) is 0 Å². The average Bonchev–Trinajstić information content (AvgIpc) is 0. The molecule has 0 saturated heterocycles. The Bertz CT molecular complexity index is 9.61. The van der Waals surface area contributed by atoms with Crippen molar-refractivity contribution in [1.82, 2.24) is 0 Å². The molecule has 0 rings (SSSR count). The summed E-state index contributed by atoms with van der Waals surface area (Å²) in [5.41, 5.74) is 0. The van der Waals surface area contributed by atoms with Gasteiger partial charge in [-0.15, -0.1) is 0 Å². The smallest absolute Gasteiger partial charge is 0 e. The molecule has 5 heavy (non-hydrogen) atoms. The van der Waals surface area contributed by atoms with E-state index >= 15 is 0 Å². The number of rotatable bonds is 0. The topological polar surface area (TPSA) is 63.0 Å². The second kappa shape index (κ2) is 47.6. The van der Waals surface area contributed by atoms with Crippen molar-refractivity contribution < 1.29 is 64.0 Å². The zero-order valence-corrected chi connectivity index (χ0v) is 7.22. The molecular weight excluding hydrogens is 220 g/mol. The van der Waals surface area contributed by atoms with E-state index in [4.69, 9.17) is 0 Å². The third-order valence-electron chi connectivity index (χ3n) is 0. The maximum absolute atomic E-state index is 0. The molecule has 0 aromatic carbocycles. The molecule has 39 valence electrons. The van der Waals surface area contributed by atoms with Crippen LogP contribution in [0.25, 0.3) is 0 Å². The Kier molecular flexibility index (Phi) is 796. The molecular formula is H4CuNiO2Zn. The quantitative estimate of drug-likeness (QED) is 0.442. The van der Waals surface area contributed by atoms with E-state index in [1.54, 1.807) is 0 Å². The van der Waals surface area contributed by atoms with Gasteiger partial charge in [-0.2, -0.15) is 0 Å². The van der Waals surface area contributed by atoms with Crippen molar-refractivity contribution in [2.75, 3.05) is 0 Å². The van der Waals surface area contributed by atoms with Gasteiger partial charge in [0.2, 0.25) is 0 Å². The second-order valence-corrected chi connectivity index (χ2v) is 0. The fourth-order valence-corrected chi connectivity index (χ4v) is 0. The first-order valence-corrected chi connectivity index (χ1v) is 0. The second-order valence-electron chi connectivity index (χ2n) is 0. The van der Waals surface area contributed by atoms with E-state index in [1.165, 1.54) is 0 Å². The van der Waals surface area contributed by atoms with E-state index in [2.05, 4.69) is 0 Å². The van der Waals surface area contributed by atoms with Gasteiger partial charge in [0.1, 0.15) is 0 Å². The molecule has 0 atom stereocenters. The molecule has 0 heterocycles. The van der Waals surface area contributed by atoms with Crippen LogP contribution in [-0.2, 0) is 53.0 Å². The Morgan fingerprint density at radius 2 is 0.800 bits per heavy atom. The van der Waals surface area contributed by atoms with Crippen molar-refractivity contribution in [2.45, 2.75) is 0 Å². The molecule has 0 spiro atoms. The minimum absolute atomic E-state index is 0. The minimum Gasteiger partial charge on any atom is -0.412 e. The largest absolute Gasteiger partial charge is 0.412 e. The van der Waals surface area contributed by atoms with Gasteiger partial charge in [0.05, 0.1) is 0 Å². The molecule has 1 radical (unpaired) electrons. The predicted molar refractivity (Wildman–Crippen MR) is 7.23 cm³/mol. The van der Waals surface area contributed by atoms with Gasteiger partial charge in [-0.05, 0) is 0 Å². The zero-order valence-electron chi connectivity index (χ0n) is 2.32. The summed E-state index contributed by atoms with van der Waals surface area (Å²) < 4.78 is 0. The monoisotopic (exact) mass is 221 g/mol. The first-order chi connectivity index (χ1) is 0. The van der Waals surface area contributed by atoms with E-state index in [0.29, 0.717) is 0 Å². The molecule has 0 fully saturated rings. The Morgan fingerprint density at radius 1 is 0.800 bits per heavy atom. The summed E-state index contributed by atoms with van der Waals surface area (Å²) in [5.74, 6) is 0. The van der Waals surface area contributed by atoms with Gasteiger partial charge in [-0.3, -0.25) is 0 Å². The van der Waals surface area contributed by atoms with Crippen LogP contribution in [-0.4, -0.2) is 11.0 Å². The van der Waals surface area contributed by atoms with Crippen molar-refractivity contribution >= 4 is 0 Å². The molecule has 0 aromatic heterocycles. The van der Waals surface area contributed by atoms with Crippen LogP contribution in [0, 0.1) is 0 Å². The van der Waals surface area contributed by atoms with Gasteiger partial charge in [0.25, 0.3) is 0 Å². The summed E-state index contributed by atoms with van der Waals surface area (Å²) in [6.07, 6.45) is 0. The van der Waals surface area contributed by atoms with Gasteiger partial charge < -0.3 is 11.0 Å². The van der Waals surface area contributed by atoms with Crippen LogP contribution in [0.3, 0.4) is 0 Å². The van der Waals surface area contributed by atoms with Crippen LogP contribution in [0.15, 0.2) is 0 Å². The molecule has 4 N–H and O–H groups in total. The van der Waals surface area contributed by atoms with Gasteiger partial charge in [0, 0.05) is 53.0 Å². The molecule has 0 amide bonds. The molecule has 0 aliphatic carbocycles. The summed E-state index contributed by atoms with van der Waals surface area (Å²) in [5, 5.41) is 0. The molecule has 0 saturated carbocycles. The molecule has 0 bridgehead atoms. The Hall–Kier alpha value is 1.56. The van der Waals surface area contributed by atoms with E-state index in [0.717, 1.165) is 0 Å². The van der Waals surface area contributed by atoms with Crippen LogP contribution in [0.1, 0.15) is 0 Å². The fourth-order valence-electron chi connectivity index (χ4n) is 0. The van der Waals surface area contributed by atoms with Gasteiger partial charge >= 0.3 is 0 Å². The normalized spacial score (nSPS) is 0. The van der Waals surface area contributed by atoms with Crippen LogP contribution >= 0.6 is 0 Å². The van der Waals surface area contributed by atoms with E-state index in [1.807, 2.05) is 0 Å². The van der Waals surface area contributed by atoms with Gasteiger partial charge in [-0.25, -0.2) is 0 Å². The van der Waals surface area contributed by atoms with E-state index in [-0.39, 0.29) is 64.0 Å². The maximum atomic E-state index is 0. The number of hydrogen-bond donors (Lipinski definition) is 0. The Labute approximate surface area is 63.9 Å². The zero-order chi connectivity index (χ0) is 0. The Balaban J connectivity index is 0. The molecule has 0 aliphatic heterocycles. The minimum atomic E-state index is 0. The predicted octanol–water partition coefficient (Wildman–Crippen LogP) is -1.66. The Morgan fingerprint density at radius 3 is 0.800 bits per heavy atom. The van der Waals surface area contributed by atoms with E-state index in [9.17, 15) is 0 Å². The summed E-state index contributed by atoms with van der Waals surface area (Å²) in [7, 11) is 0. The summed E-state index contributed by atoms with van der Waals surface area (Å²) in [6.45, 7) is 0. The van der Waals surface area contributed by atoms with Crippen molar-refractivity contribution in [3.8, 4) is 0 Å². The number of hydrogen-bond acceptors (Lipinski definition) is 0. The fraction of sp³-hybridized carbons (Fsp3) is 0. The average molecular weight is 224 g/mol. The summed E-state index contributed by atoms with van der Waals surface area (Å²) >= 11 is 0. The first-order valence-electron chi connectivity index (χ1n) is 0. The van der Waals surface area contributed by atoms with Gasteiger partial charge in [-0.1, -0.05) is 0 Å². The van der Waals surface area contributed by atoms with E-state index < -0.39 is 0 Å². The molecule has 2 nitrogen and oxygen atoms in total. The first kappa shape index (κ1) is 83.6. The van der Waals surface area contributed by atoms with Crippen molar-refractivity contribution in [1.29, 1.82) is 0 Å².